The van der Waals surface area contributed by atoms with E-state index >= 15 is 0 Å². The number of rotatable bonds is 4. The third-order valence-electron chi connectivity index (χ3n) is 2.99. The zero-order chi connectivity index (χ0) is 15.5. The monoisotopic (exact) mass is 297 g/mol. The maximum atomic E-state index is 12.1. The van der Waals surface area contributed by atoms with Crippen molar-refractivity contribution in [3.8, 4) is 0 Å². The second kappa shape index (κ2) is 6.35. The second-order valence-corrected chi connectivity index (χ2v) is 7.74. The highest BCUT2D eigenvalue weighted by Crippen LogP contribution is 2.22. The quantitative estimate of drug-likeness (QED) is 0.881. The summed E-state index contributed by atoms with van der Waals surface area (Å²) in [7, 11) is -0.958. The molecule has 6 heteroatoms. The molecule has 0 radical (unpaired) electrons. The third-order valence-corrected chi connectivity index (χ3v) is 4.29. The summed E-state index contributed by atoms with van der Waals surface area (Å²) in [5, 5.41) is 2.69. The Labute approximate surface area is 122 Å². The van der Waals surface area contributed by atoms with Gasteiger partial charge in [0.25, 0.3) is 5.91 Å². The van der Waals surface area contributed by atoms with Crippen molar-refractivity contribution in [2.75, 3.05) is 18.5 Å². The first-order valence-electron chi connectivity index (χ1n) is 6.49. The van der Waals surface area contributed by atoms with E-state index in [1.807, 2.05) is 27.7 Å². The van der Waals surface area contributed by atoms with E-state index in [9.17, 15) is 9.00 Å². The van der Waals surface area contributed by atoms with Crippen LogP contribution >= 0.6 is 0 Å². The predicted octanol–water partition coefficient (Wildman–Crippen LogP) is 1.46. The van der Waals surface area contributed by atoms with Gasteiger partial charge in [-0.25, -0.2) is 4.98 Å². The molecule has 0 saturated heterocycles. The molecule has 0 spiro atoms. The number of hydrogen-bond donors (Lipinski definition) is 2. The number of hydrogen-bond acceptors (Lipinski definition) is 4. The molecule has 1 amide bonds. The maximum absolute atomic E-state index is 12.1. The number of nitrogen functional groups attached to an aromatic ring is 1. The Hall–Kier alpha value is -1.43. The van der Waals surface area contributed by atoms with Gasteiger partial charge in [0.2, 0.25) is 0 Å². The third kappa shape index (κ3) is 4.59. The van der Waals surface area contributed by atoms with Crippen molar-refractivity contribution in [3.05, 3.63) is 23.4 Å². The summed E-state index contributed by atoms with van der Waals surface area (Å²) < 4.78 is 11.3. The molecule has 20 heavy (non-hydrogen) atoms. The Morgan fingerprint density at radius 2 is 2.05 bits per heavy atom. The smallest absolute Gasteiger partial charge is 0.251 e. The van der Waals surface area contributed by atoms with Gasteiger partial charge in [0.05, 0.1) is 0 Å². The van der Waals surface area contributed by atoms with Gasteiger partial charge in [0, 0.05) is 45.5 Å². The van der Waals surface area contributed by atoms with E-state index in [0.29, 0.717) is 17.9 Å². The largest absolute Gasteiger partial charge is 0.384 e. The van der Waals surface area contributed by atoms with Crippen LogP contribution in [0.4, 0.5) is 5.82 Å². The fraction of sp³-hybridized carbons (Fsp3) is 0.571. The first kappa shape index (κ1) is 16.6. The SMILES string of the molecule is CC(CNC(=O)c1cc(N)nc(C(C)(C)C)c1)S(C)=O. The predicted molar refractivity (Wildman–Crippen MR) is 83.2 cm³/mol. The van der Waals surface area contributed by atoms with Crippen molar-refractivity contribution in [1.29, 1.82) is 0 Å². The molecule has 0 aromatic carbocycles. The van der Waals surface area contributed by atoms with Crippen LogP contribution in [0.1, 0.15) is 43.7 Å². The zero-order valence-corrected chi connectivity index (χ0v) is 13.5. The number of amides is 1. The van der Waals surface area contributed by atoms with Crippen molar-refractivity contribution in [1.82, 2.24) is 10.3 Å². The van der Waals surface area contributed by atoms with Gasteiger partial charge in [-0.15, -0.1) is 0 Å². The van der Waals surface area contributed by atoms with Crippen molar-refractivity contribution in [3.63, 3.8) is 0 Å². The van der Waals surface area contributed by atoms with Crippen LogP contribution < -0.4 is 11.1 Å². The van der Waals surface area contributed by atoms with Crippen LogP contribution in [0.2, 0.25) is 0 Å². The summed E-state index contributed by atoms with van der Waals surface area (Å²) in [4.78, 5) is 16.4. The molecule has 5 nitrogen and oxygen atoms in total. The van der Waals surface area contributed by atoms with E-state index in [2.05, 4.69) is 10.3 Å². The normalized spacial score (nSPS) is 14.7. The van der Waals surface area contributed by atoms with E-state index in [1.54, 1.807) is 18.4 Å². The molecule has 0 fully saturated rings. The van der Waals surface area contributed by atoms with Crippen molar-refractivity contribution in [2.24, 2.45) is 0 Å². The molecular weight excluding hydrogens is 274 g/mol. The van der Waals surface area contributed by atoms with Crippen LogP contribution in [0.3, 0.4) is 0 Å². The number of nitrogens with two attached hydrogens (primary N) is 1. The lowest BCUT2D eigenvalue weighted by Gasteiger charge is -2.19. The summed E-state index contributed by atoms with van der Waals surface area (Å²) in [5.41, 5.74) is 6.84. The second-order valence-electron chi connectivity index (χ2n) is 5.94. The number of pyridine rings is 1. The van der Waals surface area contributed by atoms with E-state index in [4.69, 9.17) is 5.73 Å². The molecule has 0 aliphatic carbocycles. The lowest BCUT2D eigenvalue weighted by Crippen LogP contribution is -2.33. The van der Waals surface area contributed by atoms with Gasteiger partial charge >= 0.3 is 0 Å². The average Bonchev–Trinajstić information content (AvgIpc) is 2.33. The summed E-state index contributed by atoms with van der Waals surface area (Å²) in [6.45, 7) is 8.24. The van der Waals surface area contributed by atoms with Gasteiger partial charge in [-0.1, -0.05) is 20.8 Å². The fourth-order valence-electron chi connectivity index (χ4n) is 1.52. The molecule has 1 heterocycles. The van der Waals surface area contributed by atoms with Crippen molar-refractivity contribution >= 4 is 22.5 Å². The summed E-state index contributed by atoms with van der Waals surface area (Å²) in [6.07, 6.45) is 1.62. The van der Waals surface area contributed by atoms with Crippen molar-refractivity contribution < 1.29 is 9.00 Å². The number of nitrogens with zero attached hydrogens (tertiary/aromatic N) is 1. The molecule has 0 aliphatic rings. The minimum absolute atomic E-state index is 0.0831. The van der Waals surface area contributed by atoms with Gasteiger partial charge in [-0.05, 0) is 19.1 Å². The number of anilines is 1. The minimum atomic E-state index is -0.958. The van der Waals surface area contributed by atoms with Gasteiger partial charge in [0.1, 0.15) is 5.82 Å². The molecule has 1 aromatic rings. The fourth-order valence-corrected chi connectivity index (χ4v) is 1.84. The van der Waals surface area contributed by atoms with Gasteiger partial charge in [-0.2, -0.15) is 0 Å². The summed E-state index contributed by atoms with van der Waals surface area (Å²) >= 11 is 0. The molecule has 2 unspecified atom stereocenters. The van der Waals surface area contributed by atoms with Crippen LogP contribution in [-0.2, 0) is 16.2 Å². The summed E-state index contributed by atoms with van der Waals surface area (Å²) in [6, 6.07) is 3.30. The molecule has 0 bridgehead atoms. The minimum Gasteiger partial charge on any atom is -0.384 e. The highest BCUT2D eigenvalue weighted by Gasteiger charge is 2.19. The highest BCUT2D eigenvalue weighted by atomic mass is 32.2. The Morgan fingerprint density at radius 1 is 1.45 bits per heavy atom. The Bertz CT molecular complexity index is 524. The van der Waals surface area contributed by atoms with Gasteiger partial charge in [0.15, 0.2) is 0 Å². The lowest BCUT2D eigenvalue weighted by molar-refractivity contribution is 0.0954. The maximum Gasteiger partial charge on any atom is 0.251 e. The van der Waals surface area contributed by atoms with Crippen LogP contribution in [0, 0.1) is 0 Å². The van der Waals surface area contributed by atoms with Crippen LogP contribution in [0.15, 0.2) is 12.1 Å². The molecule has 0 aliphatic heterocycles. The van der Waals surface area contributed by atoms with E-state index in [1.165, 1.54) is 0 Å². The Kier molecular flexibility index (Phi) is 5.28. The molecule has 3 N–H and O–H groups in total. The van der Waals surface area contributed by atoms with Crippen molar-refractivity contribution in [2.45, 2.75) is 38.4 Å². The Balaban J connectivity index is 2.88. The molecule has 0 saturated carbocycles. The van der Waals surface area contributed by atoms with Gasteiger partial charge in [-0.3, -0.25) is 9.00 Å². The van der Waals surface area contributed by atoms with Gasteiger partial charge < -0.3 is 11.1 Å². The number of carbonyl (C=O) groups is 1. The van der Waals surface area contributed by atoms with E-state index < -0.39 is 10.8 Å². The first-order chi connectivity index (χ1) is 9.11. The Morgan fingerprint density at radius 3 is 2.55 bits per heavy atom. The molecule has 1 aromatic heterocycles. The number of aromatic nitrogens is 1. The lowest BCUT2D eigenvalue weighted by atomic mass is 9.90. The zero-order valence-electron chi connectivity index (χ0n) is 12.7. The first-order valence-corrected chi connectivity index (χ1v) is 8.12. The van der Waals surface area contributed by atoms with Crippen LogP contribution in [-0.4, -0.2) is 33.2 Å². The molecule has 2 atom stereocenters. The topological polar surface area (TPSA) is 85.1 Å². The summed E-state index contributed by atoms with van der Waals surface area (Å²) in [5.74, 6) is 0.108. The molecular formula is C14H23N3O2S. The molecule has 112 valence electrons. The highest BCUT2D eigenvalue weighted by molar-refractivity contribution is 7.84. The van der Waals surface area contributed by atoms with E-state index in [-0.39, 0.29) is 16.6 Å². The molecule has 1 rings (SSSR count). The van der Waals surface area contributed by atoms with Crippen LogP contribution in [0.25, 0.3) is 0 Å². The number of nitrogens with one attached hydrogen (secondary N) is 1. The van der Waals surface area contributed by atoms with Crippen LogP contribution in [0.5, 0.6) is 0 Å². The standard InChI is InChI=1S/C14H23N3O2S/c1-9(20(5)19)8-16-13(18)10-6-11(14(2,3)4)17-12(15)7-10/h6-7,9H,8H2,1-5H3,(H2,15,17)(H,16,18). The number of carbonyl (C=O) groups excluding carboxylic acids is 1. The van der Waals surface area contributed by atoms with E-state index in [0.717, 1.165) is 5.69 Å². The average molecular weight is 297 g/mol.